The van der Waals surface area contributed by atoms with Gasteiger partial charge in [0.15, 0.2) is 0 Å². The number of hydrogen-bond acceptors (Lipinski definition) is 2. The van der Waals surface area contributed by atoms with Crippen molar-refractivity contribution in [2.45, 2.75) is 64.1 Å². The van der Waals surface area contributed by atoms with Gasteiger partial charge >= 0.3 is 0 Å². The fraction of sp³-hybridized carbons (Fsp3) is 0.588. The smallest absolute Gasteiger partial charge is 0.229 e. The van der Waals surface area contributed by atoms with Gasteiger partial charge in [-0.05, 0) is 30.3 Å². The van der Waals surface area contributed by atoms with Crippen LogP contribution in [0.2, 0.25) is 0 Å². The Morgan fingerprint density at radius 1 is 1.21 bits per heavy atom. The van der Waals surface area contributed by atoms with Crippen LogP contribution in [0.1, 0.15) is 51.9 Å². The largest absolute Gasteiger partial charge is 0.369 e. The molecule has 0 aromatic rings. The maximum atomic E-state index is 10.8. The van der Waals surface area contributed by atoms with Crippen LogP contribution in [0.5, 0.6) is 0 Å². The zero-order valence-corrected chi connectivity index (χ0v) is 11.7. The van der Waals surface area contributed by atoms with Crippen LogP contribution in [-0.2, 0) is 9.53 Å². The number of hydrogen-bond donors (Lipinski definition) is 0. The van der Waals surface area contributed by atoms with Crippen LogP contribution >= 0.6 is 0 Å². The third-order valence-electron chi connectivity index (χ3n) is 3.11. The van der Waals surface area contributed by atoms with Crippen LogP contribution in [0.25, 0.3) is 0 Å². The fourth-order valence-corrected chi connectivity index (χ4v) is 1.90. The number of ketones is 1. The minimum absolute atomic E-state index is 0.288. The average Bonchev–Trinajstić information content (AvgIpc) is 3.16. The molecule has 1 rings (SSSR count). The monoisotopic (exact) mass is 258 g/mol. The molecule has 0 aromatic heterocycles. The maximum Gasteiger partial charge on any atom is 0.229 e. The Bertz CT molecular complexity index is 414. The predicted molar refractivity (Wildman–Crippen MR) is 77.4 cm³/mol. The molecule has 102 valence electrons. The van der Waals surface area contributed by atoms with Gasteiger partial charge in [0.1, 0.15) is 0 Å². The number of carbonyl (C=O) groups is 1. The molecule has 2 atom stereocenters. The van der Waals surface area contributed by atoms with Crippen LogP contribution in [0.15, 0.2) is 12.7 Å². The van der Waals surface area contributed by atoms with Crippen LogP contribution in [-0.4, -0.2) is 18.0 Å². The zero-order chi connectivity index (χ0) is 13.9. The lowest BCUT2D eigenvalue weighted by Crippen LogP contribution is -1.93. The second-order valence-electron chi connectivity index (χ2n) is 4.74. The normalized spacial score (nSPS) is 19.6. The first-order valence-corrected chi connectivity index (χ1v) is 7.08. The number of ether oxygens (including phenoxy) is 1. The number of carbonyl (C=O) groups excluding carboxylic acids is 1. The predicted octanol–water partition coefficient (Wildman–Crippen LogP) is 3.27. The highest BCUT2D eigenvalue weighted by molar-refractivity contribution is 6.04. The summed E-state index contributed by atoms with van der Waals surface area (Å²) in [6.45, 7) is 5.56. The van der Waals surface area contributed by atoms with Gasteiger partial charge in [-0.15, -0.1) is 0 Å². The highest BCUT2D eigenvalue weighted by Crippen LogP contribution is 2.29. The number of epoxide rings is 1. The van der Waals surface area contributed by atoms with Gasteiger partial charge < -0.3 is 4.74 Å². The average molecular weight is 258 g/mol. The van der Waals surface area contributed by atoms with E-state index in [2.05, 4.69) is 37.2 Å². The summed E-state index contributed by atoms with van der Waals surface area (Å²) in [5.41, 5.74) is 0. The number of rotatable bonds is 8. The van der Waals surface area contributed by atoms with Crippen LogP contribution in [0.3, 0.4) is 0 Å². The SMILES string of the molecule is C=CC(=O)C#CC#CCC1OC1CCCCCCC. The van der Waals surface area contributed by atoms with Crippen molar-refractivity contribution in [2.75, 3.05) is 0 Å². The molecule has 0 aliphatic carbocycles. The number of unbranched alkanes of at least 4 members (excludes halogenated alkanes) is 4. The molecule has 0 N–H and O–H groups in total. The molecule has 1 heterocycles. The first kappa shape index (κ1) is 15.5. The van der Waals surface area contributed by atoms with Crippen molar-refractivity contribution < 1.29 is 9.53 Å². The summed E-state index contributed by atoms with van der Waals surface area (Å²) in [5.74, 6) is 10.2. The molecular formula is C17H22O2. The lowest BCUT2D eigenvalue weighted by molar-refractivity contribution is -0.109. The van der Waals surface area contributed by atoms with E-state index in [0.717, 1.165) is 12.8 Å². The van der Waals surface area contributed by atoms with Crippen molar-refractivity contribution in [3.63, 3.8) is 0 Å². The van der Waals surface area contributed by atoms with Gasteiger partial charge in [0.05, 0.1) is 12.2 Å². The number of allylic oxidation sites excluding steroid dienone is 1. The van der Waals surface area contributed by atoms with Crippen LogP contribution in [0, 0.1) is 23.7 Å². The van der Waals surface area contributed by atoms with Gasteiger partial charge in [0, 0.05) is 6.42 Å². The maximum absolute atomic E-state index is 10.8. The highest BCUT2D eigenvalue weighted by Gasteiger charge is 2.36. The van der Waals surface area contributed by atoms with E-state index in [9.17, 15) is 4.79 Å². The Kier molecular flexibility index (Phi) is 7.71. The van der Waals surface area contributed by atoms with Crippen LogP contribution in [0.4, 0.5) is 0 Å². The Morgan fingerprint density at radius 2 is 2.00 bits per heavy atom. The van der Waals surface area contributed by atoms with Crippen molar-refractivity contribution in [3.8, 4) is 23.7 Å². The minimum Gasteiger partial charge on any atom is -0.369 e. The lowest BCUT2D eigenvalue weighted by Gasteiger charge is -1.96. The van der Waals surface area contributed by atoms with E-state index in [4.69, 9.17) is 4.74 Å². The van der Waals surface area contributed by atoms with Crippen molar-refractivity contribution in [1.82, 2.24) is 0 Å². The molecule has 2 unspecified atom stereocenters. The van der Waals surface area contributed by atoms with Gasteiger partial charge in [0.2, 0.25) is 5.78 Å². The molecule has 19 heavy (non-hydrogen) atoms. The standard InChI is InChI=1S/C17H22O2/c1-3-5-6-7-10-13-16-17(19-16)14-11-8-9-12-15(18)4-2/h4,16-17H,2-3,5-7,10,13-14H2,1H3. The Morgan fingerprint density at radius 3 is 2.74 bits per heavy atom. The van der Waals surface area contributed by atoms with E-state index in [1.807, 2.05) is 0 Å². The molecule has 0 saturated carbocycles. The van der Waals surface area contributed by atoms with Gasteiger partial charge in [0.25, 0.3) is 0 Å². The summed E-state index contributed by atoms with van der Waals surface area (Å²) in [6.07, 6.45) is 10.3. The Hall–Kier alpha value is -1.51. The molecule has 0 radical (unpaired) electrons. The zero-order valence-electron chi connectivity index (χ0n) is 11.7. The molecule has 0 aromatic carbocycles. The summed E-state index contributed by atoms with van der Waals surface area (Å²) in [4.78, 5) is 10.8. The third-order valence-corrected chi connectivity index (χ3v) is 3.11. The van der Waals surface area contributed by atoms with E-state index in [1.54, 1.807) is 0 Å². The summed E-state index contributed by atoms with van der Waals surface area (Å²) in [5, 5.41) is 0. The van der Waals surface area contributed by atoms with Gasteiger partial charge in [-0.2, -0.15) is 0 Å². The topological polar surface area (TPSA) is 29.6 Å². The molecular weight excluding hydrogens is 236 g/mol. The van der Waals surface area contributed by atoms with Gasteiger partial charge in [-0.1, -0.05) is 51.5 Å². The van der Waals surface area contributed by atoms with E-state index in [0.29, 0.717) is 6.10 Å². The summed E-state index contributed by atoms with van der Waals surface area (Å²) in [6, 6.07) is 0. The van der Waals surface area contributed by atoms with Crippen molar-refractivity contribution in [3.05, 3.63) is 12.7 Å². The second-order valence-corrected chi connectivity index (χ2v) is 4.74. The molecule has 0 amide bonds. The molecule has 1 fully saturated rings. The second kappa shape index (κ2) is 9.42. The minimum atomic E-state index is -0.290. The van der Waals surface area contributed by atoms with Gasteiger partial charge in [-0.25, -0.2) is 0 Å². The molecule has 2 heteroatoms. The molecule has 0 bridgehead atoms. The fourth-order valence-electron chi connectivity index (χ4n) is 1.90. The molecule has 1 aliphatic rings. The first-order chi connectivity index (χ1) is 9.27. The van der Waals surface area contributed by atoms with Gasteiger partial charge in [-0.3, -0.25) is 4.79 Å². The van der Waals surface area contributed by atoms with E-state index in [1.165, 1.54) is 38.2 Å². The van der Waals surface area contributed by atoms with Crippen molar-refractivity contribution in [2.24, 2.45) is 0 Å². The lowest BCUT2D eigenvalue weighted by atomic mass is 10.1. The Labute approximate surface area is 116 Å². The molecule has 2 nitrogen and oxygen atoms in total. The Balaban J connectivity index is 2.04. The highest BCUT2D eigenvalue weighted by atomic mass is 16.6. The van der Waals surface area contributed by atoms with Crippen molar-refractivity contribution in [1.29, 1.82) is 0 Å². The van der Waals surface area contributed by atoms with E-state index in [-0.39, 0.29) is 11.9 Å². The summed E-state index contributed by atoms with van der Waals surface area (Å²) < 4.78 is 5.54. The van der Waals surface area contributed by atoms with E-state index < -0.39 is 0 Å². The van der Waals surface area contributed by atoms with Crippen molar-refractivity contribution >= 4 is 5.78 Å². The summed E-state index contributed by atoms with van der Waals surface area (Å²) in [7, 11) is 0. The first-order valence-electron chi connectivity index (χ1n) is 7.08. The summed E-state index contributed by atoms with van der Waals surface area (Å²) >= 11 is 0. The molecule has 1 saturated heterocycles. The third kappa shape index (κ3) is 7.50. The quantitative estimate of drug-likeness (QED) is 0.220. The molecule has 0 spiro atoms. The van der Waals surface area contributed by atoms with E-state index >= 15 is 0 Å². The molecule has 1 aliphatic heterocycles. The van der Waals surface area contributed by atoms with Crippen LogP contribution < -0.4 is 0 Å².